The van der Waals surface area contributed by atoms with E-state index in [-0.39, 0.29) is 0 Å². The molecular weight excluding hydrogens is 208 g/mol. The van der Waals surface area contributed by atoms with Gasteiger partial charge in [0.15, 0.2) is 0 Å². The molecule has 1 aromatic rings. The lowest BCUT2D eigenvalue weighted by Gasteiger charge is -2.23. The van der Waals surface area contributed by atoms with Crippen LogP contribution >= 0.6 is 0 Å². The first kappa shape index (κ1) is 12.7. The Kier molecular flexibility index (Phi) is 4.27. The lowest BCUT2D eigenvalue weighted by atomic mass is 9.91. The van der Waals surface area contributed by atoms with E-state index in [0.29, 0.717) is 6.04 Å². The van der Waals surface area contributed by atoms with Crippen molar-refractivity contribution in [2.75, 3.05) is 6.54 Å². The molecule has 17 heavy (non-hydrogen) atoms. The van der Waals surface area contributed by atoms with E-state index in [4.69, 9.17) is 0 Å². The summed E-state index contributed by atoms with van der Waals surface area (Å²) in [6.45, 7) is 9.09. The second-order valence-corrected chi connectivity index (χ2v) is 5.73. The highest BCUT2D eigenvalue weighted by atomic mass is 15.0. The minimum Gasteiger partial charge on any atom is -0.353 e. The van der Waals surface area contributed by atoms with Crippen molar-refractivity contribution in [1.29, 1.82) is 0 Å². The number of hydrogen-bond acceptors (Lipinski definition) is 1. The monoisotopic (exact) mass is 234 g/mol. The smallest absolute Gasteiger partial charge is 0.0338 e. The van der Waals surface area contributed by atoms with Crippen molar-refractivity contribution in [1.82, 2.24) is 9.88 Å². The molecule has 1 atom stereocenters. The second-order valence-electron chi connectivity index (χ2n) is 5.73. The van der Waals surface area contributed by atoms with Crippen LogP contribution in [0.1, 0.15) is 57.2 Å². The van der Waals surface area contributed by atoms with Crippen molar-refractivity contribution in [3.8, 4) is 0 Å². The fourth-order valence-electron chi connectivity index (χ4n) is 2.81. The van der Waals surface area contributed by atoms with Gasteiger partial charge in [0.05, 0.1) is 0 Å². The summed E-state index contributed by atoms with van der Waals surface area (Å²) in [5.74, 6) is 0.728. The first-order chi connectivity index (χ1) is 8.20. The van der Waals surface area contributed by atoms with Crippen LogP contribution < -0.4 is 5.32 Å². The van der Waals surface area contributed by atoms with Crippen LogP contribution in [0.2, 0.25) is 0 Å². The molecule has 0 bridgehead atoms. The fraction of sp³-hybridized carbons (Fsp3) is 0.733. The van der Waals surface area contributed by atoms with Crippen molar-refractivity contribution < 1.29 is 0 Å². The average Bonchev–Trinajstić information content (AvgIpc) is 2.67. The van der Waals surface area contributed by atoms with E-state index < -0.39 is 0 Å². The van der Waals surface area contributed by atoms with Gasteiger partial charge in [-0.25, -0.2) is 0 Å². The van der Waals surface area contributed by atoms with Crippen molar-refractivity contribution in [2.45, 2.75) is 59.0 Å². The topological polar surface area (TPSA) is 17.0 Å². The Balaban J connectivity index is 2.10. The molecule has 2 nitrogen and oxygen atoms in total. The number of rotatable bonds is 5. The van der Waals surface area contributed by atoms with Crippen molar-refractivity contribution >= 4 is 0 Å². The van der Waals surface area contributed by atoms with E-state index in [1.54, 1.807) is 11.1 Å². The van der Waals surface area contributed by atoms with Gasteiger partial charge in [0.2, 0.25) is 0 Å². The molecule has 0 radical (unpaired) electrons. The summed E-state index contributed by atoms with van der Waals surface area (Å²) in [5.41, 5.74) is 3.14. The lowest BCUT2D eigenvalue weighted by molar-refractivity contribution is 0.461. The van der Waals surface area contributed by atoms with Crippen LogP contribution in [0.4, 0.5) is 0 Å². The third-order valence-electron chi connectivity index (χ3n) is 3.53. The van der Waals surface area contributed by atoms with E-state index in [2.05, 4.69) is 43.0 Å². The molecule has 1 unspecified atom stereocenters. The maximum atomic E-state index is 3.68. The number of fused-ring (bicyclic) bond motifs is 1. The molecule has 0 saturated heterocycles. The predicted octanol–water partition coefficient (Wildman–Crippen LogP) is 3.52. The summed E-state index contributed by atoms with van der Waals surface area (Å²) >= 11 is 0. The molecule has 1 aliphatic rings. The number of nitrogens with one attached hydrogen (secondary N) is 1. The van der Waals surface area contributed by atoms with Crippen LogP contribution in [0.15, 0.2) is 12.4 Å². The molecule has 0 fully saturated rings. The summed E-state index contributed by atoms with van der Waals surface area (Å²) in [6, 6.07) is 0.604. The van der Waals surface area contributed by atoms with E-state index in [1.165, 1.54) is 25.7 Å². The summed E-state index contributed by atoms with van der Waals surface area (Å²) in [4.78, 5) is 0. The molecule has 2 heteroatoms. The highest BCUT2D eigenvalue weighted by molar-refractivity contribution is 5.30. The Morgan fingerprint density at radius 2 is 2.24 bits per heavy atom. The van der Waals surface area contributed by atoms with Crippen LogP contribution in [0, 0.1) is 5.92 Å². The standard InChI is InChI=1S/C15H26N2/c1-4-8-16-15-7-5-6-13-10-17(9-12(2)3)11-14(13)15/h10-12,15-16H,4-9H2,1-3H3. The van der Waals surface area contributed by atoms with E-state index >= 15 is 0 Å². The first-order valence-electron chi connectivity index (χ1n) is 7.12. The van der Waals surface area contributed by atoms with Crippen LogP contribution in [0.5, 0.6) is 0 Å². The quantitative estimate of drug-likeness (QED) is 0.825. The number of aromatic nitrogens is 1. The molecule has 2 rings (SSSR count). The highest BCUT2D eigenvalue weighted by Gasteiger charge is 2.21. The number of nitrogens with zero attached hydrogens (tertiary/aromatic N) is 1. The van der Waals surface area contributed by atoms with Gasteiger partial charge in [-0.1, -0.05) is 20.8 Å². The minimum absolute atomic E-state index is 0.604. The van der Waals surface area contributed by atoms with Crippen molar-refractivity contribution in [2.24, 2.45) is 5.92 Å². The highest BCUT2D eigenvalue weighted by Crippen LogP contribution is 2.30. The van der Waals surface area contributed by atoms with Crippen LogP contribution in [0.3, 0.4) is 0 Å². The summed E-state index contributed by atoms with van der Waals surface area (Å²) in [5, 5.41) is 3.68. The number of hydrogen-bond donors (Lipinski definition) is 1. The third-order valence-corrected chi connectivity index (χ3v) is 3.53. The van der Waals surface area contributed by atoms with Gasteiger partial charge in [-0.2, -0.15) is 0 Å². The largest absolute Gasteiger partial charge is 0.353 e. The zero-order valence-electron chi connectivity index (χ0n) is 11.5. The maximum Gasteiger partial charge on any atom is 0.0338 e. The van der Waals surface area contributed by atoms with Gasteiger partial charge in [-0.3, -0.25) is 0 Å². The molecule has 1 aliphatic carbocycles. The SMILES string of the molecule is CCCNC1CCCc2cn(CC(C)C)cc21. The summed E-state index contributed by atoms with van der Waals surface area (Å²) in [7, 11) is 0. The van der Waals surface area contributed by atoms with Crippen molar-refractivity contribution in [3.63, 3.8) is 0 Å². The van der Waals surface area contributed by atoms with E-state index in [1.807, 2.05) is 0 Å². The van der Waals surface area contributed by atoms with Gasteiger partial charge in [0.25, 0.3) is 0 Å². The fourth-order valence-corrected chi connectivity index (χ4v) is 2.81. The van der Waals surface area contributed by atoms with E-state index in [9.17, 15) is 0 Å². The Morgan fingerprint density at radius 3 is 2.94 bits per heavy atom. The molecule has 96 valence electrons. The van der Waals surface area contributed by atoms with Gasteiger partial charge in [-0.05, 0) is 49.3 Å². The van der Waals surface area contributed by atoms with E-state index in [0.717, 1.165) is 19.0 Å². The van der Waals surface area contributed by atoms with Gasteiger partial charge < -0.3 is 9.88 Å². The Bertz CT molecular complexity index is 352. The molecule has 1 aromatic heterocycles. The minimum atomic E-state index is 0.604. The van der Waals surface area contributed by atoms with Crippen molar-refractivity contribution in [3.05, 3.63) is 23.5 Å². The zero-order valence-corrected chi connectivity index (χ0v) is 11.5. The molecule has 0 aromatic carbocycles. The number of aryl methyl sites for hydroxylation is 1. The first-order valence-corrected chi connectivity index (χ1v) is 7.12. The normalized spacial score (nSPS) is 19.6. The van der Waals surface area contributed by atoms with Gasteiger partial charge in [-0.15, -0.1) is 0 Å². The Hall–Kier alpha value is -0.760. The molecule has 1 heterocycles. The lowest BCUT2D eigenvalue weighted by Crippen LogP contribution is -2.24. The maximum absolute atomic E-state index is 3.68. The second kappa shape index (κ2) is 5.72. The molecule has 0 saturated carbocycles. The van der Waals surface area contributed by atoms with Crippen LogP contribution in [0.25, 0.3) is 0 Å². The van der Waals surface area contributed by atoms with Crippen LogP contribution in [-0.4, -0.2) is 11.1 Å². The zero-order chi connectivity index (χ0) is 12.3. The Morgan fingerprint density at radius 1 is 1.41 bits per heavy atom. The van der Waals surface area contributed by atoms with Crippen LogP contribution in [-0.2, 0) is 13.0 Å². The molecule has 1 N–H and O–H groups in total. The summed E-state index contributed by atoms with van der Waals surface area (Å²) in [6.07, 6.45) is 9.87. The summed E-state index contributed by atoms with van der Waals surface area (Å²) < 4.78 is 2.39. The predicted molar refractivity (Wildman–Crippen MR) is 73.2 cm³/mol. The Labute approximate surface area is 105 Å². The molecular formula is C15H26N2. The molecule has 0 aliphatic heterocycles. The average molecular weight is 234 g/mol. The third kappa shape index (κ3) is 3.12. The van der Waals surface area contributed by atoms with Gasteiger partial charge >= 0.3 is 0 Å². The van der Waals surface area contributed by atoms with Gasteiger partial charge in [0.1, 0.15) is 0 Å². The molecule has 0 amide bonds. The molecule has 0 spiro atoms. The van der Waals surface area contributed by atoms with Gasteiger partial charge in [0, 0.05) is 25.0 Å².